The Morgan fingerprint density at radius 3 is 2.47 bits per heavy atom. The first-order valence-electron chi connectivity index (χ1n) is 12.7. The molecule has 3 fully saturated rings. The molecule has 5 rings (SSSR count). The number of hydrogen-bond donors (Lipinski definition) is 0. The fourth-order valence-electron chi connectivity index (χ4n) is 5.24. The lowest BCUT2D eigenvalue weighted by atomic mass is 10.1. The average molecular weight is 513 g/mol. The van der Waals surface area contributed by atoms with Crippen LogP contribution in [0, 0.1) is 0 Å². The highest BCUT2D eigenvalue weighted by Crippen LogP contribution is 2.29. The van der Waals surface area contributed by atoms with Crippen LogP contribution in [0.2, 0.25) is 0 Å². The average Bonchev–Trinajstić information content (AvgIpc) is 3.64. The summed E-state index contributed by atoms with van der Waals surface area (Å²) in [6.07, 6.45) is 4.10. The Hall–Kier alpha value is -2.72. The quantitative estimate of drug-likeness (QED) is 0.624. The van der Waals surface area contributed by atoms with Gasteiger partial charge in [0.05, 0.1) is 5.88 Å². The van der Waals surface area contributed by atoms with Crippen molar-refractivity contribution in [2.45, 2.75) is 44.9 Å². The molecule has 2 aromatic rings. The summed E-state index contributed by atoms with van der Waals surface area (Å²) in [5, 5.41) is 0. The van der Waals surface area contributed by atoms with E-state index in [1.807, 2.05) is 56.3 Å². The minimum absolute atomic E-state index is 0.0527. The molecule has 194 valence electrons. The first-order chi connectivity index (χ1) is 17.3. The van der Waals surface area contributed by atoms with Crippen molar-refractivity contribution < 1.29 is 14.3 Å². The van der Waals surface area contributed by atoms with Gasteiger partial charge in [-0.05, 0) is 39.3 Å². The molecule has 4 heterocycles. The standard InChI is InChI=1S/C26H36N6O3S/c1-26(2,3)35-25(34)32-18-21(17-22(32)23(33)30-15-16-36-19-30)28-11-13-29(14-12-28)24-27-9-10-31(24)20-7-5-4-6-8-20/h4-10,21-22H,11-19H2,1-3H3/t21-,22-/m0/s1. The fraction of sp³-hybridized carbons (Fsp3) is 0.577. The van der Waals surface area contributed by atoms with E-state index in [9.17, 15) is 9.59 Å². The number of carbonyl (C=O) groups excluding carboxylic acids is 2. The van der Waals surface area contributed by atoms with Gasteiger partial charge in [-0.1, -0.05) is 18.2 Å². The highest BCUT2D eigenvalue weighted by Gasteiger charge is 2.45. The van der Waals surface area contributed by atoms with E-state index in [1.165, 1.54) is 0 Å². The van der Waals surface area contributed by atoms with E-state index in [-0.39, 0.29) is 11.9 Å². The summed E-state index contributed by atoms with van der Waals surface area (Å²) in [7, 11) is 0. The zero-order chi connectivity index (χ0) is 25.3. The van der Waals surface area contributed by atoms with Crippen LogP contribution in [0.25, 0.3) is 5.69 Å². The third-order valence-corrected chi connectivity index (χ3v) is 7.99. The number of nitrogens with zero attached hydrogens (tertiary/aromatic N) is 6. The first-order valence-corrected chi connectivity index (χ1v) is 13.9. The Kier molecular flexibility index (Phi) is 7.16. The Bertz CT molecular complexity index is 1060. The molecule has 0 saturated carbocycles. The van der Waals surface area contributed by atoms with Gasteiger partial charge in [-0.15, -0.1) is 11.8 Å². The van der Waals surface area contributed by atoms with Gasteiger partial charge in [-0.3, -0.25) is 19.2 Å². The molecule has 0 unspecified atom stereocenters. The number of carbonyl (C=O) groups is 2. The zero-order valence-corrected chi connectivity index (χ0v) is 22.2. The molecule has 0 bridgehead atoms. The lowest BCUT2D eigenvalue weighted by molar-refractivity contribution is -0.134. The SMILES string of the molecule is CC(C)(C)OC(=O)N1C[C@@H](N2CCN(c3nccn3-c3ccccc3)CC2)C[C@H]1C(=O)N1CCSC1. The minimum atomic E-state index is -0.599. The normalized spacial score (nSPS) is 23.4. The van der Waals surface area contributed by atoms with Gasteiger partial charge in [-0.2, -0.15) is 0 Å². The van der Waals surface area contributed by atoms with Crippen LogP contribution in [0.5, 0.6) is 0 Å². The molecular formula is C26H36N6O3S. The van der Waals surface area contributed by atoms with E-state index in [0.29, 0.717) is 18.8 Å². The highest BCUT2D eigenvalue weighted by molar-refractivity contribution is 7.99. The van der Waals surface area contributed by atoms with E-state index in [0.717, 1.165) is 50.1 Å². The number of anilines is 1. The van der Waals surface area contributed by atoms with Crippen LogP contribution in [0.4, 0.5) is 10.7 Å². The van der Waals surface area contributed by atoms with Crippen molar-refractivity contribution >= 4 is 29.7 Å². The number of para-hydroxylation sites is 1. The predicted molar refractivity (Wildman–Crippen MR) is 142 cm³/mol. The topological polar surface area (TPSA) is 74.1 Å². The van der Waals surface area contributed by atoms with Crippen molar-refractivity contribution in [2.75, 3.05) is 55.8 Å². The number of likely N-dealkylation sites (tertiary alicyclic amines) is 1. The number of thioether (sulfide) groups is 1. The molecule has 3 aliphatic heterocycles. The summed E-state index contributed by atoms with van der Waals surface area (Å²) < 4.78 is 7.82. The molecule has 2 atom stereocenters. The van der Waals surface area contributed by atoms with Crippen molar-refractivity contribution in [1.82, 2.24) is 24.3 Å². The van der Waals surface area contributed by atoms with Gasteiger partial charge < -0.3 is 14.5 Å². The first kappa shape index (κ1) is 25.0. The molecule has 1 aromatic heterocycles. The molecule has 0 aliphatic carbocycles. The van der Waals surface area contributed by atoms with Crippen LogP contribution in [-0.4, -0.2) is 105 Å². The Morgan fingerprint density at radius 2 is 1.81 bits per heavy atom. The maximum absolute atomic E-state index is 13.4. The predicted octanol–water partition coefficient (Wildman–Crippen LogP) is 2.91. The third-order valence-electron chi connectivity index (χ3n) is 7.03. The summed E-state index contributed by atoms with van der Waals surface area (Å²) >= 11 is 1.76. The van der Waals surface area contributed by atoms with Gasteiger partial charge in [0.25, 0.3) is 0 Å². The summed E-state index contributed by atoms with van der Waals surface area (Å²) in [6, 6.07) is 9.93. The number of imidazole rings is 1. The van der Waals surface area contributed by atoms with Crippen molar-refractivity contribution in [3.05, 3.63) is 42.7 Å². The molecule has 1 aromatic carbocycles. The molecule has 36 heavy (non-hydrogen) atoms. The molecule has 10 heteroatoms. The van der Waals surface area contributed by atoms with Crippen LogP contribution in [0.3, 0.4) is 0 Å². The molecular weight excluding hydrogens is 476 g/mol. The molecule has 3 saturated heterocycles. The van der Waals surface area contributed by atoms with E-state index in [1.54, 1.807) is 16.7 Å². The third kappa shape index (κ3) is 5.34. The van der Waals surface area contributed by atoms with Gasteiger partial charge in [-0.25, -0.2) is 9.78 Å². The van der Waals surface area contributed by atoms with Crippen molar-refractivity contribution in [3.8, 4) is 5.69 Å². The second-order valence-corrected chi connectivity index (χ2v) is 11.7. The fourth-order valence-corrected chi connectivity index (χ4v) is 6.20. The summed E-state index contributed by atoms with van der Waals surface area (Å²) in [5.41, 5.74) is 0.496. The highest BCUT2D eigenvalue weighted by atomic mass is 32.2. The Balaban J connectivity index is 1.26. The van der Waals surface area contributed by atoms with E-state index in [2.05, 4.69) is 31.5 Å². The second-order valence-electron chi connectivity index (χ2n) is 10.6. The van der Waals surface area contributed by atoms with Gasteiger partial charge in [0, 0.05) is 69.1 Å². The van der Waals surface area contributed by atoms with Crippen LogP contribution < -0.4 is 4.90 Å². The lowest BCUT2D eigenvalue weighted by Gasteiger charge is -2.38. The zero-order valence-electron chi connectivity index (χ0n) is 21.4. The minimum Gasteiger partial charge on any atom is -0.444 e. The van der Waals surface area contributed by atoms with Gasteiger partial charge in [0.15, 0.2) is 0 Å². The summed E-state index contributed by atoms with van der Waals surface area (Å²) in [4.78, 5) is 39.4. The molecule has 0 radical (unpaired) electrons. The Morgan fingerprint density at radius 1 is 1.06 bits per heavy atom. The number of aromatic nitrogens is 2. The number of benzene rings is 1. The number of hydrogen-bond acceptors (Lipinski definition) is 7. The van der Waals surface area contributed by atoms with Crippen molar-refractivity contribution in [2.24, 2.45) is 0 Å². The van der Waals surface area contributed by atoms with Crippen molar-refractivity contribution in [3.63, 3.8) is 0 Å². The molecule has 0 N–H and O–H groups in total. The van der Waals surface area contributed by atoms with Gasteiger partial charge in [0.2, 0.25) is 11.9 Å². The van der Waals surface area contributed by atoms with E-state index >= 15 is 0 Å². The Labute approximate surface area is 217 Å². The smallest absolute Gasteiger partial charge is 0.411 e. The number of amides is 2. The van der Waals surface area contributed by atoms with Crippen LogP contribution in [-0.2, 0) is 9.53 Å². The maximum Gasteiger partial charge on any atom is 0.411 e. The number of rotatable bonds is 4. The van der Waals surface area contributed by atoms with Gasteiger partial charge >= 0.3 is 6.09 Å². The van der Waals surface area contributed by atoms with Crippen LogP contribution >= 0.6 is 11.8 Å². The van der Waals surface area contributed by atoms with Crippen LogP contribution in [0.15, 0.2) is 42.7 Å². The van der Waals surface area contributed by atoms with Crippen molar-refractivity contribution in [1.29, 1.82) is 0 Å². The van der Waals surface area contributed by atoms with E-state index < -0.39 is 17.7 Å². The molecule has 3 aliphatic rings. The summed E-state index contributed by atoms with van der Waals surface area (Å²) in [5.74, 6) is 2.66. The van der Waals surface area contributed by atoms with Crippen LogP contribution in [0.1, 0.15) is 27.2 Å². The largest absolute Gasteiger partial charge is 0.444 e. The van der Waals surface area contributed by atoms with Gasteiger partial charge in [0.1, 0.15) is 11.6 Å². The summed E-state index contributed by atoms with van der Waals surface area (Å²) in [6.45, 7) is 10.3. The monoisotopic (exact) mass is 512 g/mol. The molecule has 2 amide bonds. The number of piperazine rings is 1. The number of ether oxygens (including phenoxy) is 1. The second kappa shape index (κ2) is 10.3. The van der Waals surface area contributed by atoms with E-state index in [4.69, 9.17) is 4.74 Å². The molecule has 9 nitrogen and oxygen atoms in total. The lowest BCUT2D eigenvalue weighted by Crippen LogP contribution is -2.52. The molecule has 0 spiro atoms. The maximum atomic E-state index is 13.4.